The number of rotatable bonds is 4. The summed E-state index contributed by atoms with van der Waals surface area (Å²) in [6, 6.07) is 7.61. The highest BCUT2D eigenvalue weighted by atomic mass is 79.9. The summed E-state index contributed by atoms with van der Waals surface area (Å²) in [7, 11) is 1.14. The maximum atomic E-state index is 13.2. The molecule has 0 aliphatic rings. The Morgan fingerprint density at radius 1 is 1.03 bits per heavy atom. The predicted octanol–water partition coefficient (Wildman–Crippen LogP) is 5.61. The van der Waals surface area contributed by atoms with E-state index in [4.69, 9.17) is 34.8 Å². The normalized spacial score (nSPS) is 10.5. The largest absolute Gasteiger partial charge is 0.452 e. The molecule has 0 aliphatic heterocycles. The lowest BCUT2D eigenvalue weighted by Gasteiger charge is -2.15. The molecule has 1 aromatic carbocycles. The molecular formula is C19H12Br2Cl3N5O4. The van der Waals surface area contributed by atoms with Gasteiger partial charge < -0.3 is 10.1 Å². The molecule has 0 saturated carbocycles. The third kappa shape index (κ3) is 5.61. The number of carbonyl (C=O) groups excluding carboxylic acids is 3. The fourth-order valence-electron chi connectivity index (χ4n) is 2.66. The molecule has 0 spiro atoms. The van der Waals surface area contributed by atoms with Gasteiger partial charge in [-0.2, -0.15) is 0 Å². The van der Waals surface area contributed by atoms with Crippen molar-refractivity contribution in [1.82, 2.24) is 20.4 Å². The number of aromatic nitrogens is 2. The molecule has 3 aromatic rings. The molecule has 3 amide bonds. The first-order chi connectivity index (χ1) is 15.6. The summed E-state index contributed by atoms with van der Waals surface area (Å²) in [5, 5.41) is 3.01. The van der Waals surface area contributed by atoms with Crippen LogP contribution in [0.5, 0.6) is 0 Å². The van der Waals surface area contributed by atoms with E-state index in [-0.39, 0.29) is 38.0 Å². The van der Waals surface area contributed by atoms with Gasteiger partial charge in [0.2, 0.25) is 0 Å². The Morgan fingerprint density at radius 2 is 1.76 bits per heavy atom. The number of nitrogens with zero attached hydrogens (tertiary/aromatic N) is 2. The van der Waals surface area contributed by atoms with Crippen LogP contribution in [-0.2, 0) is 4.74 Å². The number of halogens is 5. The van der Waals surface area contributed by atoms with E-state index in [1.54, 1.807) is 18.2 Å². The van der Waals surface area contributed by atoms with E-state index in [1.807, 2.05) is 0 Å². The lowest BCUT2D eigenvalue weighted by Crippen LogP contribution is -2.41. The van der Waals surface area contributed by atoms with Gasteiger partial charge >= 0.3 is 6.09 Å². The first-order valence-electron chi connectivity index (χ1n) is 8.76. The number of benzene rings is 1. The van der Waals surface area contributed by atoms with Gasteiger partial charge in [-0.3, -0.25) is 19.6 Å². The summed E-state index contributed by atoms with van der Waals surface area (Å²) >= 11 is 25.3. The summed E-state index contributed by atoms with van der Waals surface area (Å²) in [5.74, 6) is -1.20. The van der Waals surface area contributed by atoms with E-state index in [1.165, 1.54) is 22.9 Å². The number of amides is 3. The van der Waals surface area contributed by atoms with Gasteiger partial charge in [0.25, 0.3) is 11.8 Å². The number of methoxy groups -OCH3 is 1. The van der Waals surface area contributed by atoms with E-state index >= 15 is 0 Å². The Balaban J connectivity index is 2.01. The van der Waals surface area contributed by atoms with Crippen molar-refractivity contribution in [2.75, 3.05) is 12.4 Å². The highest BCUT2D eigenvalue weighted by molar-refractivity contribution is 9.11. The van der Waals surface area contributed by atoms with Gasteiger partial charge in [0.05, 0.1) is 28.4 Å². The Kier molecular flexibility index (Phi) is 8.24. The summed E-state index contributed by atoms with van der Waals surface area (Å²) in [4.78, 5) is 41.3. The van der Waals surface area contributed by atoms with Crippen molar-refractivity contribution in [3.05, 3.63) is 71.9 Å². The molecule has 0 fully saturated rings. The van der Waals surface area contributed by atoms with Gasteiger partial charge in [-0.1, -0.05) is 50.7 Å². The minimum Gasteiger partial charge on any atom is -0.452 e. The molecule has 0 bridgehead atoms. The van der Waals surface area contributed by atoms with E-state index in [0.717, 1.165) is 7.11 Å². The van der Waals surface area contributed by atoms with Crippen molar-refractivity contribution in [3.8, 4) is 5.82 Å². The standard InChI is InChI=1S/C19H12Br2Cl3N5O4/c1-33-19(32)28-27-17(30)9-5-8(20)6-10(21)14(9)26-18(31)13-7-12(23)15(24)29(13)16-11(22)3-2-4-25-16/h2-7H,1H3,(H,26,31)(H,27,30)(H,28,32). The lowest BCUT2D eigenvalue weighted by atomic mass is 10.1. The van der Waals surface area contributed by atoms with Crippen LogP contribution in [0.1, 0.15) is 20.8 Å². The number of hydrogen-bond acceptors (Lipinski definition) is 5. The third-order valence-corrected chi connectivity index (χ3v) is 6.22. The van der Waals surface area contributed by atoms with E-state index in [2.05, 4.69) is 57.7 Å². The van der Waals surface area contributed by atoms with Crippen LogP contribution in [0.3, 0.4) is 0 Å². The highest BCUT2D eigenvalue weighted by Gasteiger charge is 2.24. The fourth-order valence-corrected chi connectivity index (χ4v) is 4.60. The summed E-state index contributed by atoms with van der Waals surface area (Å²) in [6.07, 6.45) is 0.604. The summed E-state index contributed by atoms with van der Waals surface area (Å²) < 4.78 is 6.61. The number of hydrazine groups is 1. The molecule has 0 aliphatic carbocycles. The van der Waals surface area contributed by atoms with Crippen molar-refractivity contribution >= 4 is 90.3 Å². The zero-order valence-corrected chi connectivity index (χ0v) is 21.8. The van der Waals surface area contributed by atoms with Crippen molar-refractivity contribution in [2.45, 2.75) is 0 Å². The Bertz CT molecular complexity index is 1270. The number of carbonyl (C=O) groups is 3. The second-order valence-electron chi connectivity index (χ2n) is 6.15. The SMILES string of the molecule is COC(=O)NNC(=O)c1cc(Br)cc(Br)c1NC(=O)c1cc(Cl)c(Cl)n1-c1ncccc1Cl. The molecule has 0 radical (unpaired) electrons. The maximum absolute atomic E-state index is 13.2. The number of nitrogens with one attached hydrogen (secondary N) is 3. The van der Waals surface area contributed by atoms with Gasteiger partial charge in [0.15, 0.2) is 5.82 Å². The van der Waals surface area contributed by atoms with Gasteiger partial charge in [-0.25, -0.2) is 15.2 Å². The van der Waals surface area contributed by atoms with E-state index < -0.39 is 17.9 Å². The minimum absolute atomic E-state index is 0.0134. The van der Waals surface area contributed by atoms with E-state index in [9.17, 15) is 14.4 Å². The Morgan fingerprint density at radius 3 is 2.42 bits per heavy atom. The molecule has 172 valence electrons. The molecule has 0 saturated heterocycles. The zero-order chi connectivity index (χ0) is 24.3. The lowest BCUT2D eigenvalue weighted by molar-refractivity contribution is 0.0921. The molecule has 0 atom stereocenters. The highest BCUT2D eigenvalue weighted by Crippen LogP contribution is 2.34. The molecular weight excluding hydrogens is 628 g/mol. The Hall–Kier alpha value is -2.31. The molecule has 0 unspecified atom stereocenters. The first-order valence-corrected chi connectivity index (χ1v) is 11.5. The topological polar surface area (TPSA) is 114 Å². The van der Waals surface area contributed by atoms with Crippen LogP contribution >= 0.6 is 66.7 Å². The first kappa shape index (κ1) is 25.3. The second kappa shape index (κ2) is 10.7. The quantitative estimate of drug-likeness (QED) is 0.321. The van der Waals surface area contributed by atoms with Crippen LogP contribution in [0.4, 0.5) is 10.5 Å². The molecule has 9 nitrogen and oxygen atoms in total. The van der Waals surface area contributed by atoms with Crippen LogP contribution in [0.25, 0.3) is 5.82 Å². The predicted molar refractivity (Wildman–Crippen MR) is 131 cm³/mol. The molecule has 3 N–H and O–H groups in total. The molecule has 3 rings (SSSR count). The molecule has 2 aromatic heterocycles. The van der Waals surface area contributed by atoms with Crippen molar-refractivity contribution in [1.29, 1.82) is 0 Å². The molecule has 14 heteroatoms. The average Bonchev–Trinajstić information content (AvgIpc) is 3.08. The minimum atomic E-state index is -0.877. The maximum Gasteiger partial charge on any atom is 0.425 e. The van der Waals surface area contributed by atoms with Gasteiger partial charge in [0, 0.05) is 15.1 Å². The number of anilines is 1. The van der Waals surface area contributed by atoms with Gasteiger partial charge in [-0.05, 0) is 46.3 Å². The van der Waals surface area contributed by atoms with Crippen LogP contribution in [0, 0.1) is 0 Å². The van der Waals surface area contributed by atoms with Crippen LogP contribution in [0.2, 0.25) is 15.2 Å². The number of pyridine rings is 1. The third-order valence-electron chi connectivity index (χ3n) is 4.08. The Labute approximate surface area is 219 Å². The fraction of sp³-hybridized carbons (Fsp3) is 0.0526. The van der Waals surface area contributed by atoms with Crippen LogP contribution in [0.15, 0.2) is 45.5 Å². The van der Waals surface area contributed by atoms with Crippen molar-refractivity contribution < 1.29 is 19.1 Å². The smallest absolute Gasteiger partial charge is 0.425 e. The van der Waals surface area contributed by atoms with Crippen LogP contribution in [-0.4, -0.2) is 34.6 Å². The second-order valence-corrected chi connectivity index (χ2v) is 9.09. The van der Waals surface area contributed by atoms with E-state index in [0.29, 0.717) is 8.95 Å². The number of hydrogen-bond donors (Lipinski definition) is 3. The van der Waals surface area contributed by atoms with Gasteiger partial charge in [-0.15, -0.1) is 0 Å². The number of ether oxygens (including phenoxy) is 1. The van der Waals surface area contributed by atoms with Crippen molar-refractivity contribution in [2.24, 2.45) is 0 Å². The van der Waals surface area contributed by atoms with Crippen molar-refractivity contribution in [3.63, 3.8) is 0 Å². The van der Waals surface area contributed by atoms with Crippen LogP contribution < -0.4 is 16.2 Å². The van der Waals surface area contributed by atoms with Gasteiger partial charge in [0.1, 0.15) is 10.8 Å². The molecule has 33 heavy (non-hydrogen) atoms. The monoisotopic (exact) mass is 637 g/mol. The molecule has 2 heterocycles. The zero-order valence-electron chi connectivity index (χ0n) is 16.4. The summed E-state index contributed by atoms with van der Waals surface area (Å²) in [6.45, 7) is 0. The summed E-state index contributed by atoms with van der Waals surface area (Å²) in [5.41, 5.74) is 4.39. The average molecular weight is 641 g/mol.